The van der Waals surface area contributed by atoms with Crippen LogP contribution in [0.3, 0.4) is 0 Å². The van der Waals surface area contributed by atoms with Gasteiger partial charge in [-0.25, -0.2) is 4.79 Å². The van der Waals surface area contributed by atoms with Crippen LogP contribution in [-0.4, -0.2) is 29.9 Å². The molecule has 0 unspecified atom stereocenters. The van der Waals surface area contributed by atoms with E-state index in [0.29, 0.717) is 30.0 Å². The van der Waals surface area contributed by atoms with Crippen molar-refractivity contribution in [2.24, 2.45) is 0 Å². The first kappa shape index (κ1) is 15.3. The molecule has 0 atom stereocenters. The lowest BCUT2D eigenvalue weighted by Gasteiger charge is -2.16. The second-order valence-electron chi connectivity index (χ2n) is 4.88. The average Bonchev–Trinajstić information content (AvgIpc) is 2.30. The normalized spacial score (nSPS) is 11.2. The van der Waals surface area contributed by atoms with E-state index in [1.807, 2.05) is 6.92 Å². The highest BCUT2D eigenvalue weighted by molar-refractivity contribution is 5.91. The first-order valence-corrected chi connectivity index (χ1v) is 6.25. The molecule has 1 aromatic carbocycles. The van der Waals surface area contributed by atoms with Crippen molar-refractivity contribution in [3.8, 4) is 5.75 Å². The summed E-state index contributed by atoms with van der Waals surface area (Å²) in [5.41, 5.74) is 5.69. The molecule has 0 bridgehead atoms. The molecule has 0 amide bonds. The fourth-order valence-corrected chi connectivity index (χ4v) is 1.44. The predicted molar refractivity (Wildman–Crippen MR) is 73.2 cm³/mol. The summed E-state index contributed by atoms with van der Waals surface area (Å²) in [7, 11) is 0. The summed E-state index contributed by atoms with van der Waals surface area (Å²) < 4.78 is 10.4. The van der Waals surface area contributed by atoms with Crippen LogP contribution in [0.1, 0.15) is 37.6 Å². The lowest BCUT2D eigenvalue weighted by molar-refractivity contribution is 0.0244. The largest absolute Gasteiger partial charge is 0.492 e. The second kappa shape index (κ2) is 6.43. The number of esters is 1. The van der Waals surface area contributed by atoms with Crippen molar-refractivity contribution in [1.29, 1.82) is 0 Å². The van der Waals surface area contributed by atoms with Gasteiger partial charge in [-0.15, -0.1) is 0 Å². The molecule has 0 aliphatic rings. The van der Waals surface area contributed by atoms with E-state index in [-0.39, 0.29) is 6.61 Å². The number of nitrogen functional groups attached to an aromatic ring is 1. The van der Waals surface area contributed by atoms with Gasteiger partial charge in [0.25, 0.3) is 0 Å². The maximum absolute atomic E-state index is 11.8. The molecule has 1 rings (SSSR count). The third-order valence-electron chi connectivity index (χ3n) is 2.49. The maximum Gasteiger partial charge on any atom is 0.338 e. The van der Waals surface area contributed by atoms with Crippen molar-refractivity contribution in [1.82, 2.24) is 0 Å². The summed E-state index contributed by atoms with van der Waals surface area (Å²) in [6, 6.07) is 4.77. The van der Waals surface area contributed by atoms with E-state index < -0.39 is 11.6 Å². The van der Waals surface area contributed by atoms with Crippen LogP contribution in [0.25, 0.3) is 0 Å². The Hall–Kier alpha value is -1.75. The Morgan fingerprint density at radius 2 is 2.11 bits per heavy atom. The molecule has 19 heavy (non-hydrogen) atoms. The van der Waals surface area contributed by atoms with E-state index in [9.17, 15) is 9.90 Å². The first-order valence-electron chi connectivity index (χ1n) is 6.25. The Bertz CT molecular complexity index is 438. The number of nitrogens with two attached hydrogens (primary N) is 1. The molecule has 0 fully saturated rings. The van der Waals surface area contributed by atoms with Gasteiger partial charge in [0.2, 0.25) is 0 Å². The maximum atomic E-state index is 11.8. The zero-order valence-electron chi connectivity index (χ0n) is 11.6. The van der Waals surface area contributed by atoms with Gasteiger partial charge in [0.15, 0.2) is 0 Å². The molecule has 0 saturated heterocycles. The van der Waals surface area contributed by atoms with Crippen molar-refractivity contribution in [3.63, 3.8) is 0 Å². The van der Waals surface area contributed by atoms with E-state index in [4.69, 9.17) is 15.2 Å². The quantitative estimate of drug-likeness (QED) is 0.608. The van der Waals surface area contributed by atoms with Crippen molar-refractivity contribution >= 4 is 11.7 Å². The summed E-state index contributed by atoms with van der Waals surface area (Å²) in [5.74, 6) is 0.0922. The third kappa shape index (κ3) is 5.18. The monoisotopic (exact) mass is 267 g/mol. The van der Waals surface area contributed by atoms with E-state index in [2.05, 4.69) is 0 Å². The number of aliphatic hydroxyl groups is 1. The van der Waals surface area contributed by atoms with Gasteiger partial charge in [0, 0.05) is 6.42 Å². The Labute approximate surface area is 113 Å². The number of ether oxygens (including phenoxy) is 2. The summed E-state index contributed by atoms with van der Waals surface area (Å²) in [4.78, 5) is 11.8. The van der Waals surface area contributed by atoms with Gasteiger partial charge < -0.3 is 20.3 Å². The van der Waals surface area contributed by atoms with Gasteiger partial charge in [-0.1, -0.05) is 0 Å². The van der Waals surface area contributed by atoms with Gasteiger partial charge in [0.1, 0.15) is 5.75 Å². The van der Waals surface area contributed by atoms with Crippen molar-refractivity contribution < 1.29 is 19.4 Å². The van der Waals surface area contributed by atoms with Gasteiger partial charge in [-0.3, -0.25) is 0 Å². The molecule has 106 valence electrons. The van der Waals surface area contributed by atoms with E-state index >= 15 is 0 Å². The zero-order chi connectivity index (χ0) is 14.5. The van der Waals surface area contributed by atoms with Crippen molar-refractivity contribution in [2.45, 2.75) is 32.8 Å². The number of carbonyl (C=O) groups is 1. The van der Waals surface area contributed by atoms with Crippen molar-refractivity contribution in [3.05, 3.63) is 23.8 Å². The molecule has 0 aromatic heterocycles. The van der Waals surface area contributed by atoms with Crippen LogP contribution in [0.5, 0.6) is 5.75 Å². The van der Waals surface area contributed by atoms with E-state index in [0.717, 1.165) is 0 Å². The molecule has 5 heteroatoms. The topological polar surface area (TPSA) is 81.8 Å². The summed E-state index contributed by atoms with van der Waals surface area (Å²) in [6.45, 7) is 5.86. The minimum atomic E-state index is -0.849. The highest BCUT2D eigenvalue weighted by atomic mass is 16.5. The molecule has 5 nitrogen and oxygen atoms in total. The number of hydrogen-bond acceptors (Lipinski definition) is 5. The molecule has 1 aromatic rings. The lowest BCUT2D eigenvalue weighted by atomic mass is 10.1. The highest BCUT2D eigenvalue weighted by Crippen LogP contribution is 2.23. The lowest BCUT2D eigenvalue weighted by Crippen LogP contribution is -2.22. The van der Waals surface area contributed by atoms with E-state index in [1.54, 1.807) is 26.0 Å². The van der Waals surface area contributed by atoms with Crippen LogP contribution in [0, 0.1) is 0 Å². The van der Waals surface area contributed by atoms with Crippen LogP contribution in [0.4, 0.5) is 5.69 Å². The first-order chi connectivity index (χ1) is 8.83. The van der Waals surface area contributed by atoms with E-state index in [1.165, 1.54) is 6.07 Å². The highest BCUT2D eigenvalue weighted by Gasteiger charge is 2.15. The van der Waals surface area contributed by atoms with Crippen LogP contribution < -0.4 is 10.5 Å². The van der Waals surface area contributed by atoms with Gasteiger partial charge >= 0.3 is 5.97 Å². The average molecular weight is 267 g/mol. The van der Waals surface area contributed by atoms with Gasteiger partial charge in [0.05, 0.1) is 30.1 Å². The fourth-order valence-electron chi connectivity index (χ4n) is 1.44. The number of carbonyl (C=O) groups excluding carboxylic acids is 1. The van der Waals surface area contributed by atoms with Crippen LogP contribution in [0.2, 0.25) is 0 Å². The molecule has 3 N–H and O–H groups in total. The van der Waals surface area contributed by atoms with Gasteiger partial charge in [-0.05, 0) is 39.0 Å². The minimum Gasteiger partial charge on any atom is -0.492 e. The van der Waals surface area contributed by atoms with Crippen LogP contribution in [0.15, 0.2) is 18.2 Å². The number of hydrogen-bond donors (Lipinski definition) is 2. The summed E-state index contributed by atoms with van der Waals surface area (Å²) in [6.07, 6.45) is 0.380. The predicted octanol–water partition coefficient (Wildman–Crippen LogP) is 1.99. The molecule has 0 aliphatic carbocycles. The molecule has 0 aliphatic heterocycles. The number of anilines is 1. The molecule has 0 spiro atoms. The Balaban J connectivity index is 2.60. The molecule has 0 heterocycles. The zero-order valence-corrected chi connectivity index (χ0v) is 11.6. The SMILES string of the molecule is CCOc1ccc(C(=O)OCCC(C)(C)O)cc1N. The number of rotatable bonds is 6. The molecule has 0 saturated carbocycles. The molecular weight excluding hydrogens is 246 g/mol. The number of benzene rings is 1. The Morgan fingerprint density at radius 1 is 1.42 bits per heavy atom. The second-order valence-corrected chi connectivity index (χ2v) is 4.88. The summed E-state index contributed by atoms with van der Waals surface area (Å²) in [5, 5.41) is 9.51. The molecule has 0 radical (unpaired) electrons. The fraction of sp³-hybridized carbons (Fsp3) is 0.500. The van der Waals surface area contributed by atoms with Crippen LogP contribution >= 0.6 is 0 Å². The smallest absolute Gasteiger partial charge is 0.338 e. The molecular formula is C14H21NO4. The standard InChI is InChI=1S/C14H21NO4/c1-4-18-12-6-5-10(9-11(12)15)13(16)19-8-7-14(2,3)17/h5-6,9,17H,4,7-8,15H2,1-3H3. The summed E-state index contributed by atoms with van der Waals surface area (Å²) >= 11 is 0. The van der Waals surface area contributed by atoms with Crippen LogP contribution in [-0.2, 0) is 4.74 Å². The Kier molecular flexibility index (Phi) is 5.18. The Morgan fingerprint density at radius 3 is 2.63 bits per heavy atom. The third-order valence-corrected chi connectivity index (χ3v) is 2.49. The van der Waals surface area contributed by atoms with Crippen molar-refractivity contribution in [2.75, 3.05) is 18.9 Å². The van der Waals surface area contributed by atoms with Gasteiger partial charge in [-0.2, -0.15) is 0 Å². The minimum absolute atomic E-state index is 0.162.